The van der Waals surface area contributed by atoms with Crippen LogP contribution in [0.4, 0.5) is 32.3 Å². The number of hydrogen-bond donors (Lipinski definition) is 10. The van der Waals surface area contributed by atoms with E-state index in [0.717, 1.165) is 14.1 Å². The first-order valence-corrected chi connectivity index (χ1v) is 14.5. The second kappa shape index (κ2) is 14.7. The first-order chi connectivity index (χ1) is 21.7. The molecule has 0 unspecified atom stereocenters. The molecule has 0 spiro atoms. The quantitative estimate of drug-likeness (QED) is 0.0696. The Balaban J connectivity index is 1.49. The Morgan fingerprint density at radius 3 is 1.15 bits per heavy atom. The van der Waals surface area contributed by atoms with Crippen molar-refractivity contribution in [3.05, 3.63) is 36.4 Å². The molecule has 0 aliphatic carbocycles. The molecule has 0 atom stereocenters. The summed E-state index contributed by atoms with van der Waals surface area (Å²) in [5.74, 6) is -1.08. The second-order valence-electron chi connectivity index (χ2n) is 9.31. The largest absolute Gasteiger partial charge is 0.345 e. The van der Waals surface area contributed by atoms with Crippen LogP contribution >= 0.6 is 50.5 Å². The molecule has 4 rings (SSSR count). The number of nitrogens with one attached hydrogen (secondary N) is 4. The van der Waals surface area contributed by atoms with E-state index in [1.807, 2.05) is 0 Å². The van der Waals surface area contributed by atoms with Gasteiger partial charge in [0.25, 0.3) is 0 Å². The zero-order chi connectivity index (χ0) is 33.7. The number of aromatic nitrogens is 6. The predicted molar refractivity (Wildman–Crippen MR) is 175 cm³/mol. The van der Waals surface area contributed by atoms with Crippen LogP contribution in [0, 0.1) is 0 Å². The number of carbonyl (C=O) groups excluding carboxylic acids is 4. The van der Waals surface area contributed by atoms with Crippen molar-refractivity contribution in [1.82, 2.24) is 39.7 Å². The highest BCUT2D eigenvalue weighted by molar-refractivity contribution is 7.81. The van der Waals surface area contributed by atoms with E-state index in [4.69, 9.17) is 0 Å². The first kappa shape index (κ1) is 34.4. The summed E-state index contributed by atoms with van der Waals surface area (Å²) in [5.41, 5.74) is 1.61. The molecule has 0 aliphatic rings. The summed E-state index contributed by atoms with van der Waals surface area (Å²) in [6, 6.07) is 7.30. The summed E-state index contributed by atoms with van der Waals surface area (Å²) >= 11 is 17.0. The molecular formula is C24H26N12O6S4. The number of benzene rings is 2. The molecule has 0 radical (unpaired) electrons. The molecule has 46 heavy (non-hydrogen) atoms. The predicted octanol–water partition coefficient (Wildman–Crippen LogP) is 3.07. The van der Waals surface area contributed by atoms with E-state index < -0.39 is 23.9 Å². The smallest absolute Gasteiger partial charge is 0.326 e. The van der Waals surface area contributed by atoms with Gasteiger partial charge < -0.3 is 21.3 Å². The molecule has 0 fully saturated rings. The van der Waals surface area contributed by atoms with E-state index in [0.29, 0.717) is 21.5 Å². The van der Waals surface area contributed by atoms with Crippen LogP contribution in [0.15, 0.2) is 57.0 Å². The molecule has 242 valence electrons. The van der Waals surface area contributed by atoms with Crippen molar-refractivity contribution in [2.75, 3.05) is 35.4 Å². The number of hydrogen-bond acceptors (Lipinski definition) is 14. The molecule has 0 aliphatic heterocycles. The Morgan fingerprint density at radius 1 is 0.587 bits per heavy atom. The monoisotopic (exact) mass is 706 g/mol. The molecule has 22 heteroatoms. The van der Waals surface area contributed by atoms with Crippen molar-refractivity contribution in [2.45, 2.75) is 33.5 Å². The van der Waals surface area contributed by atoms with Crippen molar-refractivity contribution in [1.29, 1.82) is 0 Å². The Morgan fingerprint density at radius 2 is 0.870 bits per heavy atom. The standard InChI is InChI=1S/C24H26N12O6S4/c1-33(41)19(39)27-13-5-11(7-15(9-13)35-21(43)29-30-22(35)44)25-17(37)3-4-18(38)26-12-6-14(28-20(40)34(2)42)10-16(8-12)36-23(45)31-32-24(36)46/h5-10,41-42H,3-4H2,1-2H3,(H,25,37)(H,26,38)(H,27,39)(H,28,40)(H,29,43)(H,30,44)(H,31,45)(H,32,46). The lowest BCUT2D eigenvalue weighted by Gasteiger charge is -2.15. The van der Waals surface area contributed by atoms with Crippen molar-refractivity contribution in [3.63, 3.8) is 0 Å². The minimum absolute atomic E-state index is 0.178. The third-order valence-electron chi connectivity index (χ3n) is 5.85. The molecule has 0 saturated heterocycles. The average Bonchev–Trinajstić information content (AvgIpc) is 3.50. The zero-order valence-electron chi connectivity index (χ0n) is 23.8. The molecule has 18 nitrogen and oxygen atoms in total. The van der Waals surface area contributed by atoms with Gasteiger partial charge in [-0.2, -0.15) is 0 Å². The van der Waals surface area contributed by atoms with E-state index in [1.165, 1.54) is 33.4 Å². The van der Waals surface area contributed by atoms with Gasteiger partial charge in [0.05, 0.1) is 11.4 Å². The van der Waals surface area contributed by atoms with Crippen molar-refractivity contribution >= 4 is 97.1 Å². The number of rotatable bonds is 9. The average molecular weight is 707 g/mol. The van der Waals surface area contributed by atoms with E-state index in [-0.39, 0.29) is 56.2 Å². The summed E-state index contributed by atoms with van der Waals surface area (Å²) in [6.07, 6.45) is -0.490. The lowest BCUT2D eigenvalue weighted by Crippen LogP contribution is -2.28. The van der Waals surface area contributed by atoms with Gasteiger partial charge >= 0.3 is 12.1 Å². The third kappa shape index (κ3) is 8.61. The Labute approximate surface area is 282 Å². The summed E-state index contributed by atoms with van der Waals surface area (Å²) in [4.78, 5) is 49.8. The fourth-order valence-electron chi connectivity index (χ4n) is 3.85. The highest BCUT2D eigenvalue weighted by atomic mass is 32.1. The molecule has 0 bridgehead atoms. The molecule has 0 saturated carbocycles. The molecule has 2 heterocycles. The molecule has 4 aromatic rings. The van der Waals surface area contributed by atoms with Crippen LogP contribution in [-0.4, -0.2) is 88.0 Å². The van der Waals surface area contributed by atoms with Crippen LogP contribution in [0.3, 0.4) is 0 Å². The van der Waals surface area contributed by atoms with Crippen molar-refractivity contribution < 1.29 is 29.6 Å². The Kier molecular flexibility index (Phi) is 11.0. The van der Waals surface area contributed by atoms with Crippen LogP contribution in [0.25, 0.3) is 11.4 Å². The lowest BCUT2D eigenvalue weighted by molar-refractivity contribution is -0.121. The number of hydroxylamine groups is 4. The van der Waals surface area contributed by atoms with Gasteiger partial charge in [-0.3, -0.25) is 29.1 Å². The van der Waals surface area contributed by atoms with Crippen LogP contribution in [0.2, 0.25) is 0 Å². The summed E-state index contributed by atoms with van der Waals surface area (Å²) in [5, 5.41) is 45.9. The van der Waals surface area contributed by atoms with Crippen molar-refractivity contribution in [3.8, 4) is 11.4 Å². The highest BCUT2D eigenvalue weighted by Gasteiger charge is 2.17. The number of anilines is 4. The summed E-state index contributed by atoms with van der Waals surface area (Å²) in [7, 11) is 2.27. The van der Waals surface area contributed by atoms with Gasteiger partial charge in [-0.15, -0.1) is 70.9 Å². The number of nitrogens with zero attached hydrogens (tertiary/aromatic N) is 8. The van der Waals surface area contributed by atoms with Crippen LogP contribution in [0.1, 0.15) is 12.8 Å². The van der Waals surface area contributed by atoms with Gasteiger partial charge in [0.1, 0.15) is 0 Å². The van der Waals surface area contributed by atoms with E-state index in [9.17, 15) is 29.6 Å². The molecule has 6 amide bonds. The van der Waals surface area contributed by atoms with E-state index >= 15 is 0 Å². The van der Waals surface area contributed by atoms with Gasteiger partial charge in [-0.25, -0.2) is 19.7 Å². The van der Waals surface area contributed by atoms with Crippen molar-refractivity contribution in [2.24, 2.45) is 0 Å². The third-order valence-corrected chi connectivity index (χ3v) is 7.00. The maximum atomic E-state index is 12.9. The van der Waals surface area contributed by atoms with E-state index in [2.05, 4.69) is 92.2 Å². The first-order valence-electron chi connectivity index (χ1n) is 12.8. The lowest BCUT2D eigenvalue weighted by atomic mass is 10.2. The SMILES string of the molecule is CN(O)C(=O)Nc1cc(NC(=O)CCC(=O)Nc2cc(NC(=O)N(C)O)cc(-n3c(S)nnc3S)c2)cc(-n2c(S)nnc2S)c1. The van der Waals surface area contributed by atoms with Gasteiger partial charge in [-0.05, 0) is 36.4 Å². The van der Waals surface area contributed by atoms with Gasteiger partial charge in [0.15, 0.2) is 20.6 Å². The minimum Gasteiger partial charge on any atom is -0.326 e. The molecular weight excluding hydrogens is 681 g/mol. The Bertz CT molecular complexity index is 1640. The van der Waals surface area contributed by atoms with Crippen LogP contribution in [0.5, 0.6) is 0 Å². The maximum Gasteiger partial charge on any atom is 0.345 e. The number of amides is 6. The molecule has 6 N–H and O–H groups in total. The maximum absolute atomic E-state index is 12.9. The van der Waals surface area contributed by atoms with Gasteiger partial charge in [0, 0.05) is 49.7 Å². The van der Waals surface area contributed by atoms with Crippen LogP contribution in [-0.2, 0) is 9.59 Å². The summed E-state index contributed by atoms with van der Waals surface area (Å²) < 4.78 is 2.87. The second-order valence-corrected chi connectivity index (χ2v) is 10.9. The van der Waals surface area contributed by atoms with E-state index in [1.54, 1.807) is 12.1 Å². The molecule has 2 aromatic heterocycles. The Hall–Kier alpha value is -4.48. The fourth-order valence-corrected chi connectivity index (χ4v) is 5.03. The fraction of sp³-hybridized carbons (Fsp3) is 0.167. The number of carbonyl (C=O) groups is 4. The minimum atomic E-state index is -0.845. The highest BCUT2D eigenvalue weighted by Crippen LogP contribution is 2.28. The number of thiol groups is 4. The summed E-state index contributed by atoms with van der Waals surface area (Å²) in [6.45, 7) is 0. The number of urea groups is 2. The molecule has 2 aromatic carbocycles. The van der Waals surface area contributed by atoms with Gasteiger partial charge in [-0.1, -0.05) is 0 Å². The topological polar surface area (TPSA) is 225 Å². The van der Waals surface area contributed by atoms with Crippen LogP contribution < -0.4 is 21.3 Å². The van der Waals surface area contributed by atoms with Gasteiger partial charge in [0.2, 0.25) is 11.8 Å². The zero-order valence-corrected chi connectivity index (χ0v) is 27.4. The normalized spacial score (nSPS) is 10.7.